The Hall–Kier alpha value is -1.26. The van der Waals surface area contributed by atoms with Crippen molar-refractivity contribution < 1.29 is 14.3 Å². The van der Waals surface area contributed by atoms with Crippen LogP contribution in [0, 0.1) is 0 Å². The van der Waals surface area contributed by atoms with Crippen molar-refractivity contribution in [1.29, 1.82) is 0 Å². The van der Waals surface area contributed by atoms with Gasteiger partial charge in [-0.05, 0) is 26.2 Å². The number of urea groups is 1. The molecular weight excluding hydrogens is 208 g/mol. The van der Waals surface area contributed by atoms with E-state index >= 15 is 0 Å². The Morgan fingerprint density at radius 1 is 1.38 bits per heavy atom. The smallest absolute Gasteiger partial charge is 0.328 e. The molecule has 0 radical (unpaired) electrons. The highest BCUT2D eigenvalue weighted by molar-refractivity contribution is 5.83. The minimum Gasteiger partial charge on any atom is -0.464 e. The number of rotatable bonds is 2. The lowest BCUT2D eigenvalue weighted by Gasteiger charge is -2.35. The highest BCUT2D eigenvalue weighted by Gasteiger charge is 2.33. The molecule has 1 saturated heterocycles. The molecule has 1 rings (SSSR count). The van der Waals surface area contributed by atoms with Crippen LogP contribution in [0.15, 0.2) is 0 Å². The van der Waals surface area contributed by atoms with Gasteiger partial charge in [0.15, 0.2) is 0 Å². The maximum Gasteiger partial charge on any atom is 0.328 e. The number of piperidine rings is 1. The summed E-state index contributed by atoms with van der Waals surface area (Å²) in [5.41, 5.74) is 0. The van der Waals surface area contributed by atoms with Crippen molar-refractivity contribution in [2.24, 2.45) is 0 Å². The third kappa shape index (κ3) is 2.87. The van der Waals surface area contributed by atoms with Crippen molar-refractivity contribution in [3.63, 3.8) is 0 Å². The van der Waals surface area contributed by atoms with E-state index in [4.69, 9.17) is 4.74 Å². The maximum absolute atomic E-state index is 11.9. The summed E-state index contributed by atoms with van der Waals surface area (Å²) in [5, 5.41) is 0. The molecule has 0 N–H and O–H groups in total. The predicted molar refractivity (Wildman–Crippen MR) is 60.1 cm³/mol. The first-order chi connectivity index (χ1) is 7.57. The van der Waals surface area contributed by atoms with Crippen molar-refractivity contribution in [1.82, 2.24) is 9.80 Å². The van der Waals surface area contributed by atoms with E-state index in [0.717, 1.165) is 12.8 Å². The second-order valence-electron chi connectivity index (χ2n) is 4.13. The van der Waals surface area contributed by atoms with E-state index < -0.39 is 6.04 Å². The summed E-state index contributed by atoms with van der Waals surface area (Å²) in [7, 11) is 3.39. The minimum atomic E-state index is -0.399. The molecule has 0 aliphatic carbocycles. The van der Waals surface area contributed by atoms with Crippen LogP contribution < -0.4 is 0 Å². The van der Waals surface area contributed by atoms with Gasteiger partial charge in [-0.1, -0.05) is 0 Å². The van der Waals surface area contributed by atoms with Crippen LogP contribution in [0.4, 0.5) is 4.79 Å². The van der Waals surface area contributed by atoms with Crippen molar-refractivity contribution >= 4 is 12.0 Å². The van der Waals surface area contributed by atoms with Crippen LogP contribution in [0.1, 0.15) is 26.2 Å². The summed E-state index contributed by atoms with van der Waals surface area (Å²) in [4.78, 5) is 26.7. The molecule has 5 nitrogen and oxygen atoms in total. The lowest BCUT2D eigenvalue weighted by Crippen LogP contribution is -2.52. The van der Waals surface area contributed by atoms with Gasteiger partial charge in [-0.2, -0.15) is 0 Å². The van der Waals surface area contributed by atoms with Crippen LogP contribution >= 0.6 is 0 Å². The molecule has 0 bridgehead atoms. The number of nitrogens with zero attached hydrogens (tertiary/aromatic N) is 2. The number of amides is 2. The molecule has 1 aliphatic rings. The van der Waals surface area contributed by atoms with Crippen LogP contribution in [0.3, 0.4) is 0 Å². The monoisotopic (exact) mass is 228 g/mol. The third-order valence-corrected chi connectivity index (χ3v) is 2.69. The van der Waals surface area contributed by atoms with E-state index in [0.29, 0.717) is 19.6 Å². The fourth-order valence-corrected chi connectivity index (χ4v) is 1.90. The Bertz CT molecular complexity index is 266. The number of esters is 1. The van der Waals surface area contributed by atoms with Gasteiger partial charge < -0.3 is 14.5 Å². The summed E-state index contributed by atoms with van der Waals surface area (Å²) in [6.45, 7) is 2.78. The quantitative estimate of drug-likeness (QED) is 0.665. The molecule has 0 spiro atoms. The standard InChI is InChI=1S/C11H20N2O3/c1-4-16-10(14)9-7-5-6-8-13(9)11(15)12(2)3/h9H,4-8H2,1-3H3/t9-/m1/s1. The Morgan fingerprint density at radius 3 is 2.62 bits per heavy atom. The Morgan fingerprint density at radius 2 is 2.06 bits per heavy atom. The summed E-state index contributed by atoms with van der Waals surface area (Å²) in [6, 6.07) is -0.513. The van der Waals surface area contributed by atoms with Crippen molar-refractivity contribution in [3.8, 4) is 0 Å². The maximum atomic E-state index is 11.9. The lowest BCUT2D eigenvalue weighted by atomic mass is 10.0. The number of carbonyl (C=O) groups is 2. The van der Waals surface area contributed by atoms with Crippen molar-refractivity contribution in [3.05, 3.63) is 0 Å². The summed E-state index contributed by atoms with van der Waals surface area (Å²) < 4.78 is 4.99. The number of ether oxygens (including phenoxy) is 1. The first-order valence-corrected chi connectivity index (χ1v) is 5.72. The average Bonchev–Trinajstić information content (AvgIpc) is 2.28. The molecule has 1 atom stereocenters. The Balaban J connectivity index is 2.71. The number of hydrogen-bond acceptors (Lipinski definition) is 3. The molecular formula is C11H20N2O3. The Labute approximate surface area is 96.3 Å². The molecule has 0 saturated carbocycles. The molecule has 1 aliphatic heterocycles. The molecule has 0 aromatic rings. The van der Waals surface area contributed by atoms with Gasteiger partial charge in [0, 0.05) is 20.6 Å². The molecule has 0 aromatic heterocycles. The molecule has 92 valence electrons. The van der Waals surface area contributed by atoms with Crippen LogP contribution in [0.2, 0.25) is 0 Å². The molecule has 2 amide bonds. The molecule has 16 heavy (non-hydrogen) atoms. The minimum absolute atomic E-state index is 0.113. The topological polar surface area (TPSA) is 49.9 Å². The highest BCUT2D eigenvalue weighted by atomic mass is 16.5. The average molecular weight is 228 g/mol. The molecule has 1 heterocycles. The first-order valence-electron chi connectivity index (χ1n) is 5.72. The van der Waals surface area contributed by atoms with E-state index in [-0.39, 0.29) is 12.0 Å². The number of carbonyl (C=O) groups excluding carboxylic acids is 2. The fraction of sp³-hybridized carbons (Fsp3) is 0.818. The van der Waals surface area contributed by atoms with E-state index in [2.05, 4.69) is 0 Å². The van der Waals surface area contributed by atoms with E-state index in [1.807, 2.05) is 0 Å². The molecule has 5 heteroatoms. The van der Waals surface area contributed by atoms with Gasteiger partial charge in [0.25, 0.3) is 0 Å². The van der Waals surface area contributed by atoms with Crippen LogP contribution in [-0.4, -0.2) is 55.1 Å². The zero-order chi connectivity index (χ0) is 12.1. The SMILES string of the molecule is CCOC(=O)[C@H]1CCCCN1C(=O)N(C)C. The second kappa shape index (κ2) is 5.72. The van der Waals surface area contributed by atoms with Crippen molar-refractivity contribution in [2.75, 3.05) is 27.2 Å². The summed E-state index contributed by atoms with van der Waals surface area (Å²) in [6.07, 6.45) is 2.63. The van der Waals surface area contributed by atoms with Gasteiger partial charge >= 0.3 is 12.0 Å². The van der Waals surface area contributed by atoms with Gasteiger partial charge in [0.1, 0.15) is 6.04 Å². The predicted octanol–water partition coefficient (Wildman–Crippen LogP) is 1.09. The largest absolute Gasteiger partial charge is 0.464 e. The van der Waals surface area contributed by atoms with Crippen LogP contribution in [0.25, 0.3) is 0 Å². The zero-order valence-electron chi connectivity index (χ0n) is 10.2. The van der Waals surface area contributed by atoms with E-state index in [1.165, 1.54) is 4.90 Å². The van der Waals surface area contributed by atoms with Crippen LogP contribution in [0.5, 0.6) is 0 Å². The van der Waals surface area contributed by atoms with Gasteiger partial charge in [0.2, 0.25) is 0 Å². The van der Waals surface area contributed by atoms with Gasteiger partial charge in [-0.25, -0.2) is 9.59 Å². The molecule has 1 fully saturated rings. The molecule has 0 aromatic carbocycles. The summed E-state index contributed by atoms with van der Waals surface area (Å²) in [5.74, 6) is -0.280. The lowest BCUT2D eigenvalue weighted by molar-refractivity contribution is -0.149. The van der Waals surface area contributed by atoms with Gasteiger partial charge in [-0.3, -0.25) is 0 Å². The third-order valence-electron chi connectivity index (χ3n) is 2.69. The van der Waals surface area contributed by atoms with Crippen LogP contribution in [-0.2, 0) is 9.53 Å². The van der Waals surface area contributed by atoms with Crippen molar-refractivity contribution in [2.45, 2.75) is 32.2 Å². The molecule has 0 unspecified atom stereocenters. The van der Waals surface area contributed by atoms with Gasteiger partial charge in [0.05, 0.1) is 6.61 Å². The second-order valence-corrected chi connectivity index (χ2v) is 4.13. The zero-order valence-corrected chi connectivity index (χ0v) is 10.2. The fourth-order valence-electron chi connectivity index (χ4n) is 1.90. The Kier molecular flexibility index (Phi) is 4.58. The highest BCUT2D eigenvalue weighted by Crippen LogP contribution is 2.19. The number of hydrogen-bond donors (Lipinski definition) is 0. The van der Waals surface area contributed by atoms with E-state index in [1.54, 1.807) is 25.9 Å². The van der Waals surface area contributed by atoms with E-state index in [9.17, 15) is 9.59 Å². The first kappa shape index (κ1) is 12.8. The van der Waals surface area contributed by atoms with Gasteiger partial charge in [-0.15, -0.1) is 0 Å². The normalized spacial score (nSPS) is 20.4. The number of likely N-dealkylation sites (tertiary alicyclic amines) is 1. The summed E-state index contributed by atoms with van der Waals surface area (Å²) >= 11 is 0.